The first kappa shape index (κ1) is 13.7. The molecule has 1 rings (SSSR count). The van der Waals surface area contributed by atoms with Crippen molar-refractivity contribution in [2.24, 2.45) is 0 Å². The number of aromatic nitrogens is 1. The molecule has 5 heteroatoms. The molecule has 0 fully saturated rings. The Bertz CT molecular complexity index is 406. The molecule has 1 aromatic rings. The summed E-state index contributed by atoms with van der Waals surface area (Å²) in [5, 5.41) is 8.75. The Morgan fingerprint density at radius 3 is 2.94 bits per heavy atom. The third kappa shape index (κ3) is 3.84. The summed E-state index contributed by atoms with van der Waals surface area (Å²) in [4.78, 5) is 15.9. The number of amides is 1. The van der Waals surface area contributed by atoms with Crippen molar-refractivity contribution in [2.75, 3.05) is 6.54 Å². The summed E-state index contributed by atoms with van der Waals surface area (Å²) in [6, 6.07) is -0.317. The number of nitrogens with one attached hydrogen (secondary N) is 2. The van der Waals surface area contributed by atoms with Gasteiger partial charge in [0.15, 0.2) is 0 Å². The minimum atomic E-state index is -0.332. The highest BCUT2D eigenvalue weighted by Crippen LogP contribution is 2.22. The van der Waals surface area contributed by atoms with E-state index in [0.717, 1.165) is 5.01 Å². The summed E-state index contributed by atoms with van der Waals surface area (Å²) in [5.41, 5.74) is -0.332. The zero-order valence-electron chi connectivity index (χ0n) is 10.3. The second-order valence-corrected chi connectivity index (χ2v) is 5.14. The summed E-state index contributed by atoms with van der Waals surface area (Å²) < 4.78 is 0. The van der Waals surface area contributed by atoms with E-state index in [1.54, 1.807) is 24.5 Å². The van der Waals surface area contributed by atoms with E-state index in [4.69, 9.17) is 6.42 Å². The van der Waals surface area contributed by atoms with Gasteiger partial charge in [0.25, 0.3) is 0 Å². The van der Waals surface area contributed by atoms with Gasteiger partial charge in [0.2, 0.25) is 5.91 Å². The first-order chi connectivity index (χ1) is 7.97. The predicted molar refractivity (Wildman–Crippen MR) is 69.6 cm³/mol. The quantitative estimate of drug-likeness (QED) is 0.771. The Hall–Kier alpha value is -1.38. The van der Waals surface area contributed by atoms with Crippen LogP contribution < -0.4 is 10.6 Å². The van der Waals surface area contributed by atoms with Crippen LogP contribution in [0.25, 0.3) is 0 Å². The molecular weight excluding hydrogens is 234 g/mol. The Morgan fingerprint density at radius 1 is 1.71 bits per heavy atom. The monoisotopic (exact) mass is 251 g/mol. The molecule has 2 N–H and O–H groups in total. The van der Waals surface area contributed by atoms with Crippen LogP contribution in [0.4, 0.5) is 0 Å². The highest BCUT2D eigenvalue weighted by Gasteiger charge is 2.27. The fourth-order valence-electron chi connectivity index (χ4n) is 1.49. The van der Waals surface area contributed by atoms with Crippen molar-refractivity contribution in [1.29, 1.82) is 0 Å². The van der Waals surface area contributed by atoms with E-state index in [1.165, 1.54) is 0 Å². The Morgan fingerprint density at radius 2 is 2.41 bits per heavy atom. The standard InChI is InChI=1S/C12H17N3OS/c1-5-6-13-10(16)9(2)15-12(3,4)11-14-7-8-17-11/h1,7-9,15H,6H2,2-4H3,(H,13,16). The number of thiazole rings is 1. The molecular formula is C12H17N3OS. The lowest BCUT2D eigenvalue weighted by molar-refractivity contribution is -0.123. The van der Waals surface area contributed by atoms with E-state index in [0.29, 0.717) is 0 Å². The predicted octanol–water partition coefficient (Wildman–Crippen LogP) is 1.11. The van der Waals surface area contributed by atoms with Crippen LogP contribution in [0.5, 0.6) is 0 Å². The summed E-state index contributed by atoms with van der Waals surface area (Å²) >= 11 is 1.56. The van der Waals surface area contributed by atoms with Crippen LogP contribution in [-0.2, 0) is 10.3 Å². The van der Waals surface area contributed by atoms with E-state index in [2.05, 4.69) is 21.5 Å². The van der Waals surface area contributed by atoms with Gasteiger partial charge in [-0.3, -0.25) is 10.1 Å². The van der Waals surface area contributed by atoms with Crippen molar-refractivity contribution in [1.82, 2.24) is 15.6 Å². The van der Waals surface area contributed by atoms with Crippen LogP contribution in [-0.4, -0.2) is 23.5 Å². The molecule has 1 atom stereocenters. The van der Waals surface area contributed by atoms with Crippen molar-refractivity contribution in [3.63, 3.8) is 0 Å². The van der Waals surface area contributed by atoms with Crippen molar-refractivity contribution >= 4 is 17.2 Å². The van der Waals surface area contributed by atoms with Gasteiger partial charge < -0.3 is 5.32 Å². The fourth-order valence-corrected chi connectivity index (χ4v) is 2.22. The third-order valence-corrected chi connectivity index (χ3v) is 3.40. The van der Waals surface area contributed by atoms with E-state index in [-0.39, 0.29) is 24.0 Å². The van der Waals surface area contributed by atoms with Crippen molar-refractivity contribution < 1.29 is 4.79 Å². The maximum atomic E-state index is 11.7. The first-order valence-corrected chi connectivity index (χ1v) is 6.24. The lowest BCUT2D eigenvalue weighted by atomic mass is 10.1. The zero-order valence-corrected chi connectivity index (χ0v) is 11.1. The number of nitrogens with zero attached hydrogens (tertiary/aromatic N) is 1. The van der Waals surface area contributed by atoms with Gasteiger partial charge in [-0.15, -0.1) is 17.8 Å². The Kier molecular flexibility index (Phi) is 4.67. The lowest BCUT2D eigenvalue weighted by Gasteiger charge is -2.27. The van der Waals surface area contributed by atoms with Crippen LogP contribution in [0.1, 0.15) is 25.8 Å². The molecule has 0 aromatic carbocycles. The summed E-state index contributed by atoms with van der Waals surface area (Å²) in [6.45, 7) is 6.05. The average Bonchev–Trinajstić information content (AvgIpc) is 2.79. The molecule has 0 bridgehead atoms. The van der Waals surface area contributed by atoms with Gasteiger partial charge >= 0.3 is 0 Å². The molecule has 1 unspecified atom stereocenters. The van der Waals surface area contributed by atoms with Crippen LogP contribution >= 0.6 is 11.3 Å². The summed E-state index contributed by atoms with van der Waals surface area (Å²) in [5.74, 6) is 2.27. The minimum Gasteiger partial charge on any atom is -0.344 e. The minimum absolute atomic E-state index is 0.104. The zero-order chi connectivity index (χ0) is 12.9. The van der Waals surface area contributed by atoms with E-state index >= 15 is 0 Å². The molecule has 4 nitrogen and oxygen atoms in total. The number of hydrogen-bond donors (Lipinski definition) is 2. The number of carbonyl (C=O) groups is 1. The molecule has 17 heavy (non-hydrogen) atoms. The van der Waals surface area contributed by atoms with Crippen molar-refractivity contribution in [2.45, 2.75) is 32.4 Å². The van der Waals surface area contributed by atoms with Gasteiger partial charge in [-0.25, -0.2) is 4.98 Å². The fraction of sp³-hybridized carbons (Fsp3) is 0.500. The molecule has 0 aliphatic heterocycles. The van der Waals surface area contributed by atoms with Crippen LogP contribution in [0, 0.1) is 12.3 Å². The number of hydrogen-bond acceptors (Lipinski definition) is 4. The maximum absolute atomic E-state index is 11.7. The average molecular weight is 251 g/mol. The number of rotatable bonds is 5. The second-order valence-electron chi connectivity index (χ2n) is 4.25. The molecule has 0 aliphatic carbocycles. The Labute approximate surface area is 106 Å². The molecule has 1 heterocycles. The van der Waals surface area contributed by atoms with E-state index in [1.807, 2.05) is 19.2 Å². The number of carbonyl (C=O) groups excluding carboxylic acids is 1. The molecule has 1 aromatic heterocycles. The van der Waals surface area contributed by atoms with Gasteiger partial charge in [0.1, 0.15) is 5.01 Å². The SMILES string of the molecule is C#CCNC(=O)C(C)NC(C)(C)c1nccs1. The van der Waals surface area contributed by atoms with Gasteiger partial charge in [-0.1, -0.05) is 5.92 Å². The lowest BCUT2D eigenvalue weighted by Crippen LogP contribution is -2.49. The smallest absolute Gasteiger partial charge is 0.237 e. The third-order valence-electron chi connectivity index (χ3n) is 2.30. The van der Waals surface area contributed by atoms with Crippen LogP contribution in [0.2, 0.25) is 0 Å². The Balaban J connectivity index is 2.59. The summed E-state index contributed by atoms with van der Waals surface area (Å²) in [6.07, 6.45) is 6.84. The largest absolute Gasteiger partial charge is 0.344 e. The number of terminal acetylenes is 1. The highest BCUT2D eigenvalue weighted by atomic mass is 32.1. The van der Waals surface area contributed by atoms with E-state index < -0.39 is 0 Å². The van der Waals surface area contributed by atoms with E-state index in [9.17, 15) is 4.79 Å². The molecule has 92 valence electrons. The van der Waals surface area contributed by atoms with Gasteiger partial charge in [0, 0.05) is 11.6 Å². The second kappa shape index (κ2) is 5.80. The maximum Gasteiger partial charge on any atom is 0.237 e. The molecule has 0 saturated heterocycles. The van der Waals surface area contributed by atoms with Crippen molar-refractivity contribution in [3.05, 3.63) is 16.6 Å². The summed E-state index contributed by atoms with van der Waals surface area (Å²) in [7, 11) is 0. The molecule has 0 radical (unpaired) electrons. The molecule has 0 saturated carbocycles. The first-order valence-electron chi connectivity index (χ1n) is 5.36. The highest BCUT2D eigenvalue weighted by molar-refractivity contribution is 7.09. The molecule has 0 aliphatic rings. The van der Waals surface area contributed by atoms with Crippen LogP contribution in [0.15, 0.2) is 11.6 Å². The van der Waals surface area contributed by atoms with Crippen LogP contribution in [0.3, 0.4) is 0 Å². The molecule has 1 amide bonds. The molecule has 0 spiro atoms. The topological polar surface area (TPSA) is 54.0 Å². The normalized spacial score (nSPS) is 12.8. The van der Waals surface area contributed by atoms with Crippen molar-refractivity contribution in [3.8, 4) is 12.3 Å². The van der Waals surface area contributed by atoms with Gasteiger partial charge in [-0.05, 0) is 20.8 Å². The van der Waals surface area contributed by atoms with Gasteiger partial charge in [0.05, 0.1) is 18.1 Å². The van der Waals surface area contributed by atoms with Gasteiger partial charge in [-0.2, -0.15) is 0 Å².